The summed E-state index contributed by atoms with van der Waals surface area (Å²) in [4.78, 5) is 45.5. The Morgan fingerprint density at radius 3 is 2.42 bits per heavy atom. The van der Waals surface area contributed by atoms with Crippen molar-refractivity contribution in [2.75, 3.05) is 5.75 Å². The molecule has 2 unspecified atom stereocenters. The minimum Gasteiger partial charge on any atom is -0.481 e. The molecule has 0 bridgehead atoms. The predicted octanol–water partition coefficient (Wildman–Crippen LogP) is 1.64. The van der Waals surface area contributed by atoms with Crippen LogP contribution in [0.25, 0.3) is 0 Å². The number of hydrogen-bond donors (Lipinski definition) is 4. The number of amides is 2. The maximum Gasteiger partial charge on any atom is 0.326 e. The fourth-order valence-corrected chi connectivity index (χ4v) is 5.45. The molecule has 148 valence electrons. The first kappa shape index (κ1) is 22.6. The summed E-state index contributed by atoms with van der Waals surface area (Å²) < 4.78 is 0. The molecule has 1 heterocycles. The summed E-state index contributed by atoms with van der Waals surface area (Å²) in [7, 11) is 3.80. The van der Waals surface area contributed by atoms with Crippen LogP contribution in [0.1, 0.15) is 51.9 Å². The molecule has 1 aliphatic heterocycles. The maximum atomic E-state index is 12.0. The third-order valence-electron chi connectivity index (χ3n) is 3.94. The van der Waals surface area contributed by atoms with Crippen LogP contribution >= 0.6 is 21.6 Å². The van der Waals surface area contributed by atoms with Gasteiger partial charge in [-0.25, -0.2) is 4.79 Å². The third-order valence-corrected chi connectivity index (χ3v) is 6.95. The van der Waals surface area contributed by atoms with Gasteiger partial charge in [0.25, 0.3) is 0 Å². The van der Waals surface area contributed by atoms with Crippen LogP contribution in [-0.2, 0) is 19.2 Å². The average Bonchev–Trinajstić information content (AvgIpc) is 3.08. The molecule has 4 N–H and O–H groups in total. The first-order chi connectivity index (χ1) is 12.3. The summed E-state index contributed by atoms with van der Waals surface area (Å²) >= 11 is 0. The van der Waals surface area contributed by atoms with Gasteiger partial charge in [0.1, 0.15) is 12.1 Å². The van der Waals surface area contributed by atoms with Gasteiger partial charge in [-0.1, -0.05) is 28.0 Å². The molecule has 10 heteroatoms. The number of unbranched alkanes of at least 4 members (excludes halogenated alkanes) is 1. The van der Waals surface area contributed by atoms with E-state index in [9.17, 15) is 19.2 Å². The Hall–Kier alpha value is -1.42. The molecule has 26 heavy (non-hydrogen) atoms. The highest BCUT2D eigenvalue weighted by Gasteiger charge is 2.24. The first-order valence-corrected chi connectivity index (χ1v) is 11.0. The number of rotatable bonds is 12. The van der Waals surface area contributed by atoms with Crippen LogP contribution in [0.3, 0.4) is 0 Å². The van der Waals surface area contributed by atoms with Crippen LogP contribution in [0.15, 0.2) is 0 Å². The number of carbonyl (C=O) groups excluding carboxylic acids is 2. The summed E-state index contributed by atoms with van der Waals surface area (Å²) in [6, 6.07) is -2.17. The Morgan fingerprint density at radius 1 is 1.12 bits per heavy atom. The molecule has 0 aliphatic carbocycles. The molecule has 1 fully saturated rings. The molecule has 0 radical (unpaired) electrons. The van der Waals surface area contributed by atoms with Crippen LogP contribution in [-0.4, -0.2) is 57.1 Å². The van der Waals surface area contributed by atoms with Gasteiger partial charge in [-0.3, -0.25) is 14.4 Å². The van der Waals surface area contributed by atoms with Gasteiger partial charge >= 0.3 is 11.9 Å². The van der Waals surface area contributed by atoms with Gasteiger partial charge in [-0.2, -0.15) is 0 Å². The second-order valence-electron chi connectivity index (χ2n) is 6.20. The van der Waals surface area contributed by atoms with E-state index in [2.05, 4.69) is 10.6 Å². The Balaban J connectivity index is 2.26. The fraction of sp³-hybridized carbons (Fsp3) is 0.750. The SMILES string of the molecule is C[C@H](NC(=O)CCCCC1CCSS1)C(=O)NC(CCC(=O)O)C(=O)O. The van der Waals surface area contributed by atoms with Crippen molar-refractivity contribution in [1.82, 2.24) is 10.6 Å². The van der Waals surface area contributed by atoms with E-state index in [1.807, 2.05) is 21.6 Å². The normalized spacial score (nSPS) is 18.7. The summed E-state index contributed by atoms with van der Waals surface area (Å²) in [6.45, 7) is 1.47. The molecule has 1 aliphatic rings. The van der Waals surface area contributed by atoms with E-state index in [-0.39, 0.29) is 18.7 Å². The molecule has 1 saturated heterocycles. The number of carboxylic acids is 2. The van der Waals surface area contributed by atoms with Crippen molar-refractivity contribution in [2.24, 2.45) is 0 Å². The highest BCUT2D eigenvalue weighted by Crippen LogP contribution is 2.39. The first-order valence-electron chi connectivity index (χ1n) is 8.62. The highest BCUT2D eigenvalue weighted by molar-refractivity contribution is 8.77. The van der Waals surface area contributed by atoms with Crippen molar-refractivity contribution < 1.29 is 29.4 Å². The van der Waals surface area contributed by atoms with E-state index >= 15 is 0 Å². The van der Waals surface area contributed by atoms with E-state index in [0.717, 1.165) is 19.3 Å². The van der Waals surface area contributed by atoms with Gasteiger partial charge in [-0.15, -0.1) is 0 Å². The van der Waals surface area contributed by atoms with Gasteiger partial charge in [-0.05, 0) is 32.6 Å². The summed E-state index contributed by atoms with van der Waals surface area (Å²) in [5.41, 5.74) is 0. The van der Waals surface area contributed by atoms with Crippen LogP contribution in [0, 0.1) is 0 Å². The number of nitrogens with one attached hydrogen (secondary N) is 2. The Labute approximate surface area is 160 Å². The second-order valence-corrected chi connectivity index (χ2v) is 8.98. The molecule has 1 rings (SSSR count). The van der Waals surface area contributed by atoms with Crippen LogP contribution in [0.2, 0.25) is 0 Å². The molecule has 0 aromatic carbocycles. The Kier molecular flexibility index (Phi) is 10.5. The molecule has 0 saturated carbocycles. The van der Waals surface area contributed by atoms with Gasteiger partial charge in [0.15, 0.2) is 0 Å². The van der Waals surface area contributed by atoms with E-state index in [1.165, 1.54) is 19.1 Å². The lowest BCUT2D eigenvalue weighted by molar-refractivity contribution is -0.143. The average molecular weight is 407 g/mol. The zero-order valence-electron chi connectivity index (χ0n) is 14.7. The minimum atomic E-state index is -1.30. The van der Waals surface area contributed by atoms with Crippen LogP contribution in [0.5, 0.6) is 0 Å². The summed E-state index contributed by atoms with van der Waals surface area (Å²) in [6.07, 6.45) is 3.75. The standard InChI is InChI=1S/C16H26N2O6S2/c1-10(15(22)18-12(16(23)24)6-7-14(20)21)17-13(19)5-3-2-4-11-8-9-25-26-11/h10-12H,2-9H2,1H3,(H,17,19)(H,18,22)(H,20,21)(H,23,24)/t10-,11?,12?/m0/s1. The number of hydrogen-bond acceptors (Lipinski definition) is 6. The molecule has 0 aromatic rings. The summed E-state index contributed by atoms with van der Waals surface area (Å²) in [5, 5.41) is 23.1. The molecule has 0 spiro atoms. The highest BCUT2D eigenvalue weighted by atomic mass is 33.1. The third kappa shape index (κ3) is 9.33. The van der Waals surface area contributed by atoms with Gasteiger partial charge in [0.05, 0.1) is 0 Å². The lowest BCUT2D eigenvalue weighted by Crippen LogP contribution is -2.50. The van der Waals surface area contributed by atoms with E-state index in [1.54, 1.807) is 0 Å². The second kappa shape index (κ2) is 12.1. The number of carbonyl (C=O) groups is 4. The zero-order valence-corrected chi connectivity index (χ0v) is 16.4. The molecule has 3 atom stereocenters. The van der Waals surface area contributed by atoms with E-state index in [0.29, 0.717) is 11.7 Å². The molecular weight excluding hydrogens is 380 g/mol. The van der Waals surface area contributed by atoms with Crippen molar-refractivity contribution in [1.29, 1.82) is 0 Å². The largest absolute Gasteiger partial charge is 0.481 e. The van der Waals surface area contributed by atoms with Crippen molar-refractivity contribution in [3.63, 3.8) is 0 Å². The number of carboxylic acid groups (broad SMARTS) is 2. The Morgan fingerprint density at radius 2 is 1.85 bits per heavy atom. The van der Waals surface area contributed by atoms with Gasteiger partial charge < -0.3 is 20.8 Å². The smallest absolute Gasteiger partial charge is 0.326 e. The monoisotopic (exact) mass is 406 g/mol. The van der Waals surface area contributed by atoms with Crippen LogP contribution < -0.4 is 10.6 Å². The van der Waals surface area contributed by atoms with E-state index in [4.69, 9.17) is 10.2 Å². The predicted molar refractivity (Wildman–Crippen MR) is 101 cm³/mol. The maximum absolute atomic E-state index is 12.0. The van der Waals surface area contributed by atoms with Crippen molar-refractivity contribution in [3.05, 3.63) is 0 Å². The molecular formula is C16H26N2O6S2. The summed E-state index contributed by atoms with van der Waals surface area (Å²) in [5.74, 6) is -2.15. The van der Waals surface area contributed by atoms with Crippen molar-refractivity contribution in [3.8, 4) is 0 Å². The van der Waals surface area contributed by atoms with Gasteiger partial charge in [0.2, 0.25) is 11.8 Å². The molecule has 8 nitrogen and oxygen atoms in total. The topological polar surface area (TPSA) is 133 Å². The fourth-order valence-electron chi connectivity index (χ4n) is 2.42. The lowest BCUT2D eigenvalue weighted by atomic mass is 10.1. The Bertz CT molecular complexity index is 511. The van der Waals surface area contributed by atoms with Crippen LogP contribution in [0.4, 0.5) is 0 Å². The van der Waals surface area contributed by atoms with E-state index < -0.39 is 29.9 Å². The number of aliphatic carboxylic acids is 2. The van der Waals surface area contributed by atoms with Crippen molar-refractivity contribution in [2.45, 2.75) is 69.2 Å². The zero-order chi connectivity index (χ0) is 19.5. The quantitative estimate of drug-likeness (QED) is 0.284. The van der Waals surface area contributed by atoms with Crippen molar-refractivity contribution >= 4 is 45.3 Å². The molecule has 0 aromatic heterocycles. The lowest BCUT2D eigenvalue weighted by Gasteiger charge is -2.18. The minimum absolute atomic E-state index is 0.214. The molecule has 2 amide bonds. The van der Waals surface area contributed by atoms with Gasteiger partial charge in [0, 0.05) is 23.8 Å².